The first-order valence-electron chi connectivity index (χ1n) is 7.87. The van der Waals surface area contributed by atoms with Crippen LogP contribution in [0.25, 0.3) is 0 Å². The lowest BCUT2D eigenvalue weighted by Gasteiger charge is -2.09. The fraction of sp³-hybridized carbons (Fsp3) is 0.167. The molecule has 0 radical (unpaired) electrons. The molecule has 26 heavy (non-hydrogen) atoms. The molecule has 3 aromatic rings. The van der Waals surface area contributed by atoms with Crippen molar-refractivity contribution in [2.45, 2.75) is 20.5 Å². The Morgan fingerprint density at radius 1 is 1.23 bits per heavy atom. The monoisotopic (exact) mass is 370 g/mol. The summed E-state index contributed by atoms with van der Waals surface area (Å²) in [4.78, 5) is 0. The van der Waals surface area contributed by atoms with Gasteiger partial charge in [-0.2, -0.15) is 14.9 Å². The number of H-pyrrole nitrogens is 1. The molecule has 0 unspecified atom stereocenters. The van der Waals surface area contributed by atoms with Crippen molar-refractivity contribution >= 4 is 18.4 Å². The van der Waals surface area contributed by atoms with Crippen LogP contribution in [0.15, 0.2) is 41.5 Å². The highest BCUT2D eigenvalue weighted by atomic mass is 32.1. The Hall–Kier alpha value is -3.13. The molecule has 0 aliphatic rings. The zero-order valence-corrected chi connectivity index (χ0v) is 15.1. The number of rotatable bonds is 5. The zero-order chi connectivity index (χ0) is 18.7. The van der Waals surface area contributed by atoms with E-state index >= 15 is 0 Å². The smallest absolute Gasteiger partial charge is 0.216 e. The Bertz CT molecular complexity index is 1020. The van der Waals surface area contributed by atoms with Crippen LogP contribution >= 0.6 is 12.2 Å². The van der Waals surface area contributed by atoms with Gasteiger partial charge in [0.2, 0.25) is 4.77 Å². The molecule has 0 atom stereocenters. The molecule has 1 heterocycles. The number of hydrogen-bond donors (Lipinski definition) is 3. The number of aryl methyl sites for hydroxylation is 2. The fourth-order valence-electron chi connectivity index (χ4n) is 2.40. The van der Waals surface area contributed by atoms with Crippen LogP contribution in [0, 0.1) is 18.6 Å². The summed E-state index contributed by atoms with van der Waals surface area (Å²) in [5.41, 5.74) is 2.63. The molecule has 0 saturated heterocycles. The van der Waals surface area contributed by atoms with E-state index < -0.39 is 0 Å². The minimum absolute atomic E-state index is 0.0258. The summed E-state index contributed by atoms with van der Waals surface area (Å²) in [5, 5.41) is 30.2. The summed E-state index contributed by atoms with van der Waals surface area (Å²) >= 11 is 5.19. The normalized spacial score (nSPS) is 11.2. The summed E-state index contributed by atoms with van der Waals surface area (Å²) in [6, 6.07) is 10.2. The van der Waals surface area contributed by atoms with E-state index in [0.29, 0.717) is 16.2 Å². The van der Waals surface area contributed by atoms with Crippen LogP contribution in [0.4, 0.5) is 0 Å². The maximum Gasteiger partial charge on any atom is 0.216 e. The molecule has 1 aromatic heterocycles. The van der Waals surface area contributed by atoms with Gasteiger partial charge >= 0.3 is 0 Å². The molecular formula is C18H18N4O3S. The van der Waals surface area contributed by atoms with E-state index in [2.05, 4.69) is 15.3 Å². The van der Waals surface area contributed by atoms with Crippen molar-refractivity contribution in [3.05, 3.63) is 63.7 Å². The van der Waals surface area contributed by atoms with Gasteiger partial charge in [-0.25, -0.2) is 5.10 Å². The van der Waals surface area contributed by atoms with E-state index in [9.17, 15) is 10.2 Å². The number of aromatic hydroxyl groups is 2. The molecule has 0 amide bonds. The molecule has 3 N–H and O–H groups in total. The summed E-state index contributed by atoms with van der Waals surface area (Å²) in [6.07, 6.45) is 1.43. The van der Waals surface area contributed by atoms with Crippen LogP contribution in [0.5, 0.6) is 17.2 Å². The first-order chi connectivity index (χ1) is 12.4. The summed E-state index contributed by atoms with van der Waals surface area (Å²) in [6.45, 7) is 4.18. The van der Waals surface area contributed by atoms with Gasteiger partial charge in [-0.3, -0.25) is 0 Å². The van der Waals surface area contributed by atoms with Gasteiger partial charge in [0.05, 0.1) is 6.21 Å². The fourth-order valence-corrected chi connectivity index (χ4v) is 2.60. The number of ether oxygens (including phenoxy) is 1. The van der Waals surface area contributed by atoms with Gasteiger partial charge in [-0.15, -0.1) is 0 Å². The summed E-state index contributed by atoms with van der Waals surface area (Å²) in [5.74, 6) is 1.14. The van der Waals surface area contributed by atoms with Crippen molar-refractivity contribution in [2.24, 2.45) is 5.10 Å². The number of hydrogen-bond acceptors (Lipinski definition) is 6. The average molecular weight is 370 g/mol. The molecular weight excluding hydrogens is 352 g/mol. The number of aromatic nitrogens is 3. The molecule has 0 saturated carbocycles. The molecule has 0 aliphatic carbocycles. The second-order valence-electron chi connectivity index (χ2n) is 5.80. The number of nitrogens with zero attached hydrogens (tertiary/aromatic N) is 3. The Kier molecular flexibility index (Phi) is 5.04. The largest absolute Gasteiger partial charge is 0.508 e. The predicted octanol–water partition coefficient (Wildman–Crippen LogP) is 3.43. The van der Waals surface area contributed by atoms with E-state index in [0.717, 1.165) is 16.9 Å². The van der Waals surface area contributed by atoms with Gasteiger partial charge in [0.15, 0.2) is 5.82 Å². The van der Waals surface area contributed by atoms with E-state index in [1.165, 1.54) is 23.0 Å². The standard InChI is InChI=1S/C18H18N4O3S/c1-11-3-6-16(12(2)7-11)25-10-17-20-21-18(26)22(17)19-9-13-4-5-14(23)8-15(13)24/h3-9,23-24H,10H2,1-2H3,(H,21,26)/b19-9+. The molecule has 8 heteroatoms. The quantitative estimate of drug-likeness (QED) is 0.472. The minimum Gasteiger partial charge on any atom is -0.508 e. The van der Waals surface area contributed by atoms with Crippen LogP contribution in [0.3, 0.4) is 0 Å². The zero-order valence-electron chi connectivity index (χ0n) is 14.3. The van der Waals surface area contributed by atoms with Gasteiger partial charge < -0.3 is 14.9 Å². The first kappa shape index (κ1) is 17.7. The van der Waals surface area contributed by atoms with Crippen LogP contribution in [0.2, 0.25) is 0 Å². The number of aromatic amines is 1. The SMILES string of the molecule is Cc1ccc(OCc2n[nH]c(=S)n2/N=C/c2ccc(O)cc2O)c(C)c1. The maximum absolute atomic E-state index is 9.83. The molecule has 7 nitrogen and oxygen atoms in total. The predicted molar refractivity (Wildman–Crippen MR) is 100 cm³/mol. The highest BCUT2D eigenvalue weighted by molar-refractivity contribution is 7.71. The number of nitrogens with one attached hydrogen (secondary N) is 1. The Morgan fingerprint density at radius 2 is 2.04 bits per heavy atom. The topological polar surface area (TPSA) is 95.7 Å². The molecule has 0 aliphatic heterocycles. The molecule has 0 bridgehead atoms. The van der Waals surface area contributed by atoms with Crippen molar-refractivity contribution in [1.29, 1.82) is 0 Å². The lowest BCUT2D eigenvalue weighted by molar-refractivity contribution is 0.288. The third kappa shape index (κ3) is 3.92. The maximum atomic E-state index is 9.83. The molecule has 0 spiro atoms. The minimum atomic E-state index is -0.0863. The van der Waals surface area contributed by atoms with Crippen LogP contribution in [-0.4, -0.2) is 31.3 Å². The van der Waals surface area contributed by atoms with Gasteiger partial charge in [0.1, 0.15) is 23.9 Å². The van der Waals surface area contributed by atoms with E-state index in [-0.39, 0.29) is 18.1 Å². The highest BCUT2D eigenvalue weighted by Gasteiger charge is 2.08. The Labute approximate surface area is 155 Å². The van der Waals surface area contributed by atoms with Crippen molar-refractivity contribution in [1.82, 2.24) is 14.9 Å². The summed E-state index contributed by atoms with van der Waals surface area (Å²) in [7, 11) is 0. The molecule has 134 valence electrons. The number of phenolic OH excluding ortho intramolecular Hbond substituents is 2. The first-order valence-corrected chi connectivity index (χ1v) is 8.27. The van der Waals surface area contributed by atoms with Gasteiger partial charge in [-0.1, -0.05) is 17.7 Å². The molecule has 2 aromatic carbocycles. The summed E-state index contributed by atoms with van der Waals surface area (Å²) < 4.78 is 7.54. The second kappa shape index (κ2) is 7.40. The van der Waals surface area contributed by atoms with Gasteiger partial charge in [0, 0.05) is 11.6 Å². The highest BCUT2D eigenvalue weighted by Crippen LogP contribution is 2.21. The van der Waals surface area contributed by atoms with Crippen LogP contribution in [0.1, 0.15) is 22.5 Å². The van der Waals surface area contributed by atoms with E-state index in [4.69, 9.17) is 17.0 Å². The van der Waals surface area contributed by atoms with Crippen LogP contribution in [-0.2, 0) is 6.61 Å². The average Bonchev–Trinajstić information content (AvgIpc) is 2.93. The lowest BCUT2D eigenvalue weighted by atomic mass is 10.1. The van der Waals surface area contributed by atoms with Gasteiger partial charge in [-0.05, 0) is 49.8 Å². The van der Waals surface area contributed by atoms with Gasteiger partial charge in [0.25, 0.3) is 0 Å². The third-order valence-electron chi connectivity index (χ3n) is 3.73. The van der Waals surface area contributed by atoms with E-state index in [1.807, 2.05) is 32.0 Å². The van der Waals surface area contributed by atoms with Crippen molar-refractivity contribution in [2.75, 3.05) is 0 Å². The Morgan fingerprint density at radius 3 is 2.77 bits per heavy atom. The van der Waals surface area contributed by atoms with E-state index in [1.54, 1.807) is 6.07 Å². The second-order valence-corrected chi connectivity index (χ2v) is 6.19. The Balaban J connectivity index is 1.80. The number of phenols is 2. The van der Waals surface area contributed by atoms with Crippen molar-refractivity contribution in [3.8, 4) is 17.2 Å². The van der Waals surface area contributed by atoms with Crippen molar-refractivity contribution < 1.29 is 14.9 Å². The molecule has 3 rings (SSSR count). The lowest BCUT2D eigenvalue weighted by Crippen LogP contribution is -2.05. The third-order valence-corrected chi connectivity index (χ3v) is 4.00. The molecule has 0 fully saturated rings. The number of benzene rings is 2. The van der Waals surface area contributed by atoms with Crippen LogP contribution < -0.4 is 4.74 Å². The van der Waals surface area contributed by atoms with Crippen molar-refractivity contribution in [3.63, 3.8) is 0 Å².